The number of rotatable bonds is 1. The lowest BCUT2D eigenvalue weighted by molar-refractivity contribution is 1.53. The van der Waals surface area contributed by atoms with Crippen LogP contribution < -0.4 is 0 Å². The zero-order chi connectivity index (χ0) is 8.55. The summed E-state index contributed by atoms with van der Waals surface area (Å²) in [5.41, 5.74) is 2.79. The Hall–Kier alpha value is -0.823. The lowest BCUT2D eigenvalue weighted by Crippen LogP contribution is -2.03. The van der Waals surface area contributed by atoms with E-state index in [4.69, 9.17) is 0 Å². The highest BCUT2D eigenvalue weighted by molar-refractivity contribution is 6.66. The van der Waals surface area contributed by atoms with Crippen molar-refractivity contribution in [3.63, 3.8) is 0 Å². The van der Waals surface area contributed by atoms with Crippen LogP contribution in [-0.4, -0.2) is 8.80 Å². The first-order chi connectivity index (χ1) is 5.77. The van der Waals surface area contributed by atoms with E-state index in [1.165, 1.54) is 11.1 Å². The SMILES string of the molecule is C[SiH](C)C1=Cc2ccccc2[CH]1. The summed E-state index contributed by atoms with van der Waals surface area (Å²) in [5.74, 6) is 0. The van der Waals surface area contributed by atoms with Gasteiger partial charge >= 0.3 is 0 Å². The number of hydrogen-bond acceptors (Lipinski definition) is 0. The Morgan fingerprint density at radius 2 is 1.67 bits per heavy atom. The maximum Gasteiger partial charge on any atom is 0.0604 e. The molecule has 1 aliphatic carbocycles. The standard InChI is InChI=1S/C11H13Si/c1-12(2)11-7-9-5-3-4-6-10(9)8-11/h3-8,12H,1-2H3. The zero-order valence-corrected chi connectivity index (χ0v) is 8.70. The molecule has 0 fully saturated rings. The Morgan fingerprint density at radius 3 is 2.25 bits per heavy atom. The maximum absolute atomic E-state index is 2.37. The van der Waals surface area contributed by atoms with Crippen molar-refractivity contribution in [2.24, 2.45) is 0 Å². The molecule has 0 nitrogen and oxygen atoms in total. The number of allylic oxidation sites excluding steroid dienone is 1. The minimum Gasteiger partial charge on any atom is -0.0758 e. The second kappa shape index (κ2) is 2.90. The second-order valence-electron chi connectivity index (χ2n) is 3.57. The highest BCUT2D eigenvalue weighted by atomic mass is 28.3. The Labute approximate surface area is 75.5 Å². The van der Waals surface area contributed by atoms with E-state index in [2.05, 4.69) is 49.9 Å². The van der Waals surface area contributed by atoms with Crippen LogP contribution in [0.4, 0.5) is 0 Å². The molecule has 0 saturated carbocycles. The van der Waals surface area contributed by atoms with E-state index in [9.17, 15) is 0 Å². The summed E-state index contributed by atoms with van der Waals surface area (Å²) in [6, 6.07) is 8.59. The van der Waals surface area contributed by atoms with Crippen molar-refractivity contribution in [3.05, 3.63) is 47.0 Å². The van der Waals surface area contributed by atoms with Gasteiger partial charge in [-0.2, -0.15) is 0 Å². The molecule has 1 radical (unpaired) electrons. The average molecular weight is 173 g/mol. The zero-order valence-electron chi connectivity index (χ0n) is 7.54. The molecule has 0 saturated heterocycles. The van der Waals surface area contributed by atoms with Crippen LogP contribution in [0.3, 0.4) is 0 Å². The van der Waals surface area contributed by atoms with Gasteiger partial charge in [-0.15, -0.1) is 0 Å². The molecule has 0 spiro atoms. The minimum atomic E-state index is -0.604. The molecular formula is C11H13Si. The van der Waals surface area contributed by atoms with Gasteiger partial charge in [0.15, 0.2) is 0 Å². The van der Waals surface area contributed by atoms with Gasteiger partial charge in [0.1, 0.15) is 0 Å². The molecule has 0 aliphatic heterocycles. The van der Waals surface area contributed by atoms with Gasteiger partial charge in [0.05, 0.1) is 8.80 Å². The normalized spacial score (nSPS) is 14.8. The third-order valence-corrected chi connectivity index (χ3v) is 3.97. The molecule has 12 heavy (non-hydrogen) atoms. The predicted molar refractivity (Wildman–Crippen MR) is 56.7 cm³/mol. The van der Waals surface area contributed by atoms with Crippen LogP contribution in [0.15, 0.2) is 29.5 Å². The number of fused-ring (bicyclic) bond motifs is 1. The van der Waals surface area contributed by atoms with E-state index >= 15 is 0 Å². The Balaban J connectivity index is 2.35. The first-order valence-corrected chi connectivity index (χ1v) is 7.31. The molecular weight excluding hydrogens is 160 g/mol. The third kappa shape index (κ3) is 1.25. The Kier molecular flexibility index (Phi) is 1.89. The van der Waals surface area contributed by atoms with Crippen molar-refractivity contribution in [1.82, 2.24) is 0 Å². The molecule has 1 aromatic carbocycles. The summed E-state index contributed by atoms with van der Waals surface area (Å²) in [6.45, 7) is 4.74. The van der Waals surface area contributed by atoms with Crippen LogP contribution in [0.2, 0.25) is 13.1 Å². The predicted octanol–water partition coefficient (Wildman–Crippen LogP) is 2.66. The van der Waals surface area contributed by atoms with Crippen LogP contribution in [0, 0.1) is 6.42 Å². The molecule has 0 heterocycles. The number of hydrogen-bond donors (Lipinski definition) is 0. The molecule has 0 unspecified atom stereocenters. The van der Waals surface area contributed by atoms with Gasteiger partial charge in [-0.1, -0.05) is 48.6 Å². The van der Waals surface area contributed by atoms with E-state index in [0.717, 1.165) is 0 Å². The topological polar surface area (TPSA) is 0 Å². The summed E-state index contributed by atoms with van der Waals surface area (Å²) >= 11 is 0. The van der Waals surface area contributed by atoms with Gasteiger partial charge in [0, 0.05) is 6.42 Å². The monoisotopic (exact) mass is 173 g/mol. The van der Waals surface area contributed by atoms with Crippen molar-refractivity contribution >= 4 is 14.9 Å². The van der Waals surface area contributed by atoms with Crippen molar-refractivity contribution in [3.8, 4) is 0 Å². The molecule has 0 N–H and O–H groups in total. The number of benzene rings is 1. The van der Waals surface area contributed by atoms with E-state index in [1.54, 1.807) is 5.20 Å². The van der Waals surface area contributed by atoms with Crippen LogP contribution in [-0.2, 0) is 0 Å². The smallest absolute Gasteiger partial charge is 0.0604 e. The lowest BCUT2D eigenvalue weighted by Gasteiger charge is -2.01. The third-order valence-electron chi connectivity index (χ3n) is 2.31. The van der Waals surface area contributed by atoms with Gasteiger partial charge in [0.2, 0.25) is 0 Å². The fourth-order valence-electron chi connectivity index (χ4n) is 1.51. The van der Waals surface area contributed by atoms with Crippen LogP contribution >= 0.6 is 0 Å². The molecule has 0 aromatic heterocycles. The summed E-state index contributed by atoms with van der Waals surface area (Å²) < 4.78 is 0. The van der Waals surface area contributed by atoms with Crippen molar-refractivity contribution < 1.29 is 0 Å². The van der Waals surface area contributed by atoms with Gasteiger partial charge in [-0.25, -0.2) is 0 Å². The molecule has 1 aliphatic rings. The lowest BCUT2D eigenvalue weighted by atomic mass is 10.1. The van der Waals surface area contributed by atoms with Crippen molar-refractivity contribution in [1.29, 1.82) is 0 Å². The van der Waals surface area contributed by atoms with Crippen LogP contribution in [0.5, 0.6) is 0 Å². The molecule has 1 aromatic rings. The van der Waals surface area contributed by atoms with E-state index < -0.39 is 8.80 Å². The highest BCUT2D eigenvalue weighted by Crippen LogP contribution is 2.27. The molecule has 1 heteroatoms. The summed E-state index contributed by atoms with van der Waals surface area (Å²) in [7, 11) is -0.604. The van der Waals surface area contributed by atoms with E-state index in [0.29, 0.717) is 0 Å². The molecule has 61 valence electrons. The first-order valence-electron chi connectivity index (χ1n) is 4.43. The van der Waals surface area contributed by atoms with E-state index in [1.807, 2.05) is 0 Å². The minimum absolute atomic E-state index is 0.604. The van der Waals surface area contributed by atoms with E-state index in [-0.39, 0.29) is 0 Å². The summed E-state index contributed by atoms with van der Waals surface area (Å²) in [6.07, 6.45) is 4.68. The van der Waals surface area contributed by atoms with Gasteiger partial charge in [0.25, 0.3) is 0 Å². The highest BCUT2D eigenvalue weighted by Gasteiger charge is 2.14. The summed E-state index contributed by atoms with van der Waals surface area (Å²) in [4.78, 5) is 0. The Morgan fingerprint density at radius 1 is 1.00 bits per heavy atom. The molecule has 0 atom stereocenters. The van der Waals surface area contributed by atoms with Gasteiger partial charge in [-0.3, -0.25) is 0 Å². The largest absolute Gasteiger partial charge is 0.0758 e. The summed E-state index contributed by atoms with van der Waals surface area (Å²) in [5, 5.41) is 1.58. The molecule has 0 amide bonds. The fraction of sp³-hybridized carbons (Fsp3) is 0.182. The molecule has 0 bridgehead atoms. The van der Waals surface area contributed by atoms with Gasteiger partial charge < -0.3 is 0 Å². The molecule has 2 rings (SSSR count). The van der Waals surface area contributed by atoms with Crippen molar-refractivity contribution in [2.75, 3.05) is 0 Å². The van der Waals surface area contributed by atoms with Crippen LogP contribution in [0.25, 0.3) is 6.08 Å². The second-order valence-corrected chi connectivity index (χ2v) is 6.55. The fourth-order valence-corrected chi connectivity index (χ4v) is 2.53. The van der Waals surface area contributed by atoms with Crippen molar-refractivity contribution in [2.45, 2.75) is 13.1 Å². The maximum atomic E-state index is 2.37. The Bertz CT molecular complexity index is 324. The van der Waals surface area contributed by atoms with Gasteiger partial charge in [-0.05, 0) is 11.1 Å². The quantitative estimate of drug-likeness (QED) is 0.573. The van der Waals surface area contributed by atoms with Crippen LogP contribution in [0.1, 0.15) is 11.1 Å². The average Bonchev–Trinajstić information content (AvgIpc) is 2.46. The first kappa shape index (κ1) is 7.81.